The quantitative estimate of drug-likeness (QED) is 0.775. The molecule has 0 spiro atoms. The maximum absolute atomic E-state index is 11.9. The van der Waals surface area contributed by atoms with E-state index in [1.165, 1.54) is 6.08 Å². The SMILES string of the molecule is CCNC(=O)c1ccc(NC(=O)/C=C/CN2CCOCC2)cc1. The fourth-order valence-corrected chi connectivity index (χ4v) is 2.24. The van der Waals surface area contributed by atoms with Crippen molar-refractivity contribution in [2.45, 2.75) is 6.92 Å². The number of benzene rings is 1. The molecule has 1 aliphatic rings. The van der Waals surface area contributed by atoms with E-state index in [2.05, 4.69) is 15.5 Å². The van der Waals surface area contributed by atoms with Gasteiger partial charge in [-0.25, -0.2) is 0 Å². The number of carbonyl (C=O) groups excluding carboxylic acids is 2. The van der Waals surface area contributed by atoms with Gasteiger partial charge in [0.2, 0.25) is 5.91 Å². The van der Waals surface area contributed by atoms with E-state index >= 15 is 0 Å². The van der Waals surface area contributed by atoms with Crippen LogP contribution in [0.1, 0.15) is 17.3 Å². The van der Waals surface area contributed by atoms with Gasteiger partial charge in [0.15, 0.2) is 0 Å². The van der Waals surface area contributed by atoms with Gasteiger partial charge in [-0.2, -0.15) is 0 Å². The van der Waals surface area contributed by atoms with Crippen molar-refractivity contribution in [2.24, 2.45) is 0 Å². The van der Waals surface area contributed by atoms with E-state index in [4.69, 9.17) is 4.74 Å². The Morgan fingerprint density at radius 3 is 2.57 bits per heavy atom. The van der Waals surface area contributed by atoms with Gasteiger partial charge in [0.1, 0.15) is 0 Å². The molecule has 1 fully saturated rings. The van der Waals surface area contributed by atoms with E-state index in [-0.39, 0.29) is 11.8 Å². The van der Waals surface area contributed by atoms with Crippen molar-refractivity contribution >= 4 is 17.5 Å². The summed E-state index contributed by atoms with van der Waals surface area (Å²) in [6, 6.07) is 6.83. The molecule has 2 rings (SSSR count). The largest absolute Gasteiger partial charge is 0.379 e. The Morgan fingerprint density at radius 1 is 1.22 bits per heavy atom. The van der Waals surface area contributed by atoms with Crippen LogP contribution in [0.5, 0.6) is 0 Å². The third-order valence-corrected chi connectivity index (χ3v) is 3.49. The minimum absolute atomic E-state index is 0.115. The summed E-state index contributed by atoms with van der Waals surface area (Å²) in [4.78, 5) is 25.7. The standard InChI is InChI=1S/C17H23N3O3/c1-2-18-17(22)14-5-7-15(8-6-14)19-16(21)4-3-9-20-10-12-23-13-11-20/h3-8H,2,9-13H2,1H3,(H,18,22)(H,19,21)/b4-3+. The predicted molar refractivity (Wildman–Crippen MR) is 89.5 cm³/mol. The summed E-state index contributed by atoms with van der Waals surface area (Å²) in [6.07, 6.45) is 3.39. The Kier molecular flexibility index (Phi) is 6.77. The second kappa shape index (κ2) is 9.07. The second-order valence-corrected chi connectivity index (χ2v) is 5.24. The molecule has 0 unspecified atom stereocenters. The first-order valence-corrected chi connectivity index (χ1v) is 7.85. The second-order valence-electron chi connectivity index (χ2n) is 5.24. The molecule has 0 atom stereocenters. The summed E-state index contributed by atoms with van der Waals surface area (Å²) in [5, 5.41) is 5.51. The fraction of sp³-hybridized carbons (Fsp3) is 0.412. The van der Waals surface area contributed by atoms with Gasteiger partial charge in [0.05, 0.1) is 13.2 Å². The average molecular weight is 317 g/mol. The van der Waals surface area contributed by atoms with Crippen molar-refractivity contribution in [3.63, 3.8) is 0 Å². The average Bonchev–Trinajstić information content (AvgIpc) is 2.57. The lowest BCUT2D eigenvalue weighted by Gasteiger charge is -2.24. The Balaban J connectivity index is 1.79. The van der Waals surface area contributed by atoms with Crippen molar-refractivity contribution < 1.29 is 14.3 Å². The number of nitrogens with zero attached hydrogens (tertiary/aromatic N) is 1. The zero-order valence-corrected chi connectivity index (χ0v) is 13.4. The summed E-state index contributed by atoms with van der Waals surface area (Å²) >= 11 is 0. The Labute approximate surface area is 136 Å². The van der Waals surface area contributed by atoms with E-state index in [9.17, 15) is 9.59 Å². The van der Waals surface area contributed by atoms with E-state index in [0.717, 1.165) is 32.8 Å². The zero-order chi connectivity index (χ0) is 16.5. The normalized spacial score (nSPS) is 15.5. The molecule has 1 aromatic rings. The number of rotatable bonds is 6. The highest BCUT2D eigenvalue weighted by Crippen LogP contribution is 2.09. The number of hydrogen-bond donors (Lipinski definition) is 2. The fourth-order valence-electron chi connectivity index (χ4n) is 2.24. The van der Waals surface area contributed by atoms with Crippen LogP contribution in [0.15, 0.2) is 36.4 Å². The van der Waals surface area contributed by atoms with Crippen LogP contribution < -0.4 is 10.6 Å². The van der Waals surface area contributed by atoms with E-state index in [1.807, 2.05) is 13.0 Å². The maximum atomic E-state index is 11.9. The summed E-state index contributed by atoms with van der Waals surface area (Å²) in [7, 11) is 0. The lowest BCUT2D eigenvalue weighted by molar-refractivity contribution is -0.111. The third-order valence-electron chi connectivity index (χ3n) is 3.49. The number of ether oxygens (including phenoxy) is 1. The van der Waals surface area contributed by atoms with E-state index < -0.39 is 0 Å². The van der Waals surface area contributed by atoms with Crippen LogP contribution in [0.3, 0.4) is 0 Å². The molecule has 23 heavy (non-hydrogen) atoms. The van der Waals surface area contributed by atoms with Crippen LogP contribution >= 0.6 is 0 Å². The number of morpholine rings is 1. The van der Waals surface area contributed by atoms with Crippen molar-refractivity contribution in [3.05, 3.63) is 42.0 Å². The minimum atomic E-state index is -0.177. The first kappa shape index (κ1) is 17.2. The smallest absolute Gasteiger partial charge is 0.251 e. The number of amides is 2. The molecule has 1 aromatic carbocycles. The van der Waals surface area contributed by atoms with Crippen LogP contribution in [-0.4, -0.2) is 56.1 Å². The molecule has 2 amide bonds. The summed E-state index contributed by atoms with van der Waals surface area (Å²) in [6.45, 7) is 6.49. The maximum Gasteiger partial charge on any atom is 0.251 e. The van der Waals surface area contributed by atoms with Gasteiger partial charge in [0.25, 0.3) is 5.91 Å². The molecule has 0 saturated carbocycles. The molecule has 6 nitrogen and oxygen atoms in total. The molecule has 124 valence electrons. The molecule has 1 saturated heterocycles. The van der Waals surface area contributed by atoms with Crippen LogP contribution in [0, 0.1) is 0 Å². The van der Waals surface area contributed by atoms with Gasteiger partial charge >= 0.3 is 0 Å². The van der Waals surface area contributed by atoms with Gasteiger partial charge in [-0.1, -0.05) is 6.08 Å². The summed E-state index contributed by atoms with van der Waals surface area (Å²) < 4.78 is 5.27. The molecule has 0 bridgehead atoms. The van der Waals surface area contributed by atoms with Crippen molar-refractivity contribution in [3.8, 4) is 0 Å². The van der Waals surface area contributed by atoms with Crippen LogP contribution in [-0.2, 0) is 9.53 Å². The highest BCUT2D eigenvalue weighted by molar-refractivity contribution is 6.00. The lowest BCUT2D eigenvalue weighted by Crippen LogP contribution is -2.36. The number of carbonyl (C=O) groups is 2. The van der Waals surface area contributed by atoms with Crippen LogP contribution in [0.2, 0.25) is 0 Å². The molecule has 6 heteroatoms. The molecule has 1 heterocycles. The molecule has 0 aromatic heterocycles. The molecule has 0 aliphatic carbocycles. The van der Waals surface area contributed by atoms with Gasteiger partial charge in [-0.05, 0) is 31.2 Å². The lowest BCUT2D eigenvalue weighted by atomic mass is 10.2. The Morgan fingerprint density at radius 2 is 1.91 bits per heavy atom. The van der Waals surface area contributed by atoms with Crippen molar-refractivity contribution in [2.75, 3.05) is 44.7 Å². The molecule has 0 radical (unpaired) electrons. The molecular formula is C17H23N3O3. The number of hydrogen-bond acceptors (Lipinski definition) is 4. The van der Waals surface area contributed by atoms with Gasteiger partial charge in [0, 0.05) is 43.5 Å². The molecule has 2 N–H and O–H groups in total. The van der Waals surface area contributed by atoms with Gasteiger partial charge < -0.3 is 15.4 Å². The summed E-state index contributed by atoms with van der Waals surface area (Å²) in [5.74, 6) is -0.292. The van der Waals surface area contributed by atoms with Gasteiger partial charge in [-0.3, -0.25) is 14.5 Å². The summed E-state index contributed by atoms with van der Waals surface area (Å²) in [5.41, 5.74) is 1.24. The van der Waals surface area contributed by atoms with Gasteiger partial charge in [-0.15, -0.1) is 0 Å². The van der Waals surface area contributed by atoms with E-state index in [1.54, 1.807) is 24.3 Å². The minimum Gasteiger partial charge on any atom is -0.379 e. The number of nitrogens with one attached hydrogen (secondary N) is 2. The molecular weight excluding hydrogens is 294 g/mol. The molecule has 1 aliphatic heterocycles. The predicted octanol–water partition coefficient (Wildman–Crippen LogP) is 1.26. The highest BCUT2D eigenvalue weighted by Gasteiger charge is 2.08. The van der Waals surface area contributed by atoms with E-state index in [0.29, 0.717) is 17.8 Å². The van der Waals surface area contributed by atoms with Crippen molar-refractivity contribution in [1.29, 1.82) is 0 Å². The third kappa shape index (κ3) is 5.84. The van der Waals surface area contributed by atoms with Crippen LogP contribution in [0.4, 0.5) is 5.69 Å². The van der Waals surface area contributed by atoms with Crippen LogP contribution in [0.25, 0.3) is 0 Å². The first-order valence-electron chi connectivity index (χ1n) is 7.85. The first-order chi connectivity index (χ1) is 11.2. The topological polar surface area (TPSA) is 70.7 Å². The number of anilines is 1. The Hall–Kier alpha value is -2.18. The Bertz CT molecular complexity index is 549. The zero-order valence-electron chi connectivity index (χ0n) is 13.4. The highest BCUT2D eigenvalue weighted by atomic mass is 16.5. The van der Waals surface area contributed by atoms with Crippen molar-refractivity contribution in [1.82, 2.24) is 10.2 Å². The monoisotopic (exact) mass is 317 g/mol.